The molecular weight excluding hydrogens is 338 g/mol. The minimum atomic E-state index is -3.46. The van der Waals surface area contributed by atoms with Crippen LogP contribution in [0.1, 0.15) is 52.9 Å². The van der Waals surface area contributed by atoms with Gasteiger partial charge in [0, 0.05) is 24.9 Å². The van der Waals surface area contributed by atoms with E-state index in [-0.39, 0.29) is 11.4 Å². The Kier molecular flexibility index (Phi) is 6.55. The van der Waals surface area contributed by atoms with E-state index in [1.807, 2.05) is 0 Å². The number of likely N-dealkylation sites (tertiary alicyclic amines) is 1. The van der Waals surface area contributed by atoms with E-state index in [2.05, 4.69) is 36.3 Å². The second kappa shape index (κ2) is 7.92. The molecule has 2 fully saturated rings. The highest BCUT2D eigenvalue weighted by atomic mass is 32.2. The zero-order valence-corrected chi connectivity index (χ0v) is 17.0. The second-order valence-corrected chi connectivity index (χ2v) is 10.7. The SMILES string of the molecule is CCC1CCCN(C(C)(C)CNC(=O)C2(S(C)(=O)=O)CCNCC2)C1. The largest absolute Gasteiger partial charge is 0.353 e. The number of hydrogen-bond acceptors (Lipinski definition) is 5. The molecule has 2 aliphatic heterocycles. The molecule has 25 heavy (non-hydrogen) atoms. The number of amides is 1. The van der Waals surface area contributed by atoms with Gasteiger partial charge >= 0.3 is 0 Å². The zero-order valence-electron chi connectivity index (χ0n) is 16.2. The third kappa shape index (κ3) is 4.55. The van der Waals surface area contributed by atoms with Gasteiger partial charge in [-0.2, -0.15) is 0 Å². The Balaban J connectivity index is 2.04. The van der Waals surface area contributed by atoms with Crippen molar-refractivity contribution in [1.29, 1.82) is 0 Å². The van der Waals surface area contributed by atoms with Crippen molar-refractivity contribution in [1.82, 2.24) is 15.5 Å². The summed E-state index contributed by atoms with van der Waals surface area (Å²) in [6.07, 6.45) is 5.54. The fourth-order valence-corrected chi connectivity index (χ4v) is 5.47. The zero-order chi connectivity index (χ0) is 18.7. The third-order valence-corrected chi connectivity index (χ3v) is 8.18. The first kappa shape index (κ1) is 20.6. The van der Waals surface area contributed by atoms with Crippen LogP contribution in [0.5, 0.6) is 0 Å². The Morgan fingerprint density at radius 3 is 2.52 bits per heavy atom. The maximum absolute atomic E-state index is 12.9. The predicted octanol–water partition coefficient (Wildman–Crippen LogP) is 1.17. The molecular formula is C18H35N3O3S. The van der Waals surface area contributed by atoms with Crippen molar-refractivity contribution in [2.24, 2.45) is 5.92 Å². The van der Waals surface area contributed by atoms with E-state index in [1.54, 1.807) is 0 Å². The standard InChI is InChI=1S/C18H35N3O3S/c1-5-15-7-6-12-21(13-15)17(2,3)14-20-16(22)18(25(4,23)24)8-10-19-11-9-18/h15,19H,5-14H2,1-4H3,(H,20,22). The monoisotopic (exact) mass is 373 g/mol. The first-order chi connectivity index (χ1) is 11.6. The van der Waals surface area contributed by atoms with Crippen LogP contribution in [0.15, 0.2) is 0 Å². The Bertz CT molecular complexity index is 568. The first-order valence-electron chi connectivity index (χ1n) is 9.56. The minimum Gasteiger partial charge on any atom is -0.353 e. The van der Waals surface area contributed by atoms with Crippen LogP contribution < -0.4 is 10.6 Å². The molecule has 2 aliphatic rings. The molecule has 146 valence electrons. The van der Waals surface area contributed by atoms with Gasteiger partial charge < -0.3 is 10.6 Å². The van der Waals surface area contributed by atoms with Crippen LogP contribution in [0.25, 0.3) is 0 Å². The van der Waals surface area contributed by atoms with Crippen molar-refractivity contribution < 1.29 is 13.2 Å². The number of rotatable bonds is 6. The first-order valence-corrected chi connectivity index (χ1v) is 11.5. The average Bonchev–Trinajstić information content (AvgIpc) is 2.59. The van der Waals surface area contributed by atoms with Crippen molar-refractivity contribution in [2.45, 2.75) is 63.2 Å². The highest BCUT2D eigenvalue weighted by molar-refractivity contribution is 7.92. The van der Waals surface area contributed by atoms with Gasteiger partial charge in [-0.15, -0.1) is 0 Å². The summed E-state index contributed by atoms with van der Waals surface area (Å²) in [6, 6.07) is 0. The molecule has 2 rings (SSSR count). The van der Waals surface area contributed by atoms with E-state index >= 15 is 0 Å². The summed E-state index contributed by atoms with van der Waals surface area (Å²) in [7, 11) is -3.46. The van der Waals surface area contributed by atoms with Gasteiger partial charge in [0.15, 0.2) is 14.6 Å². The van der Waals surface area contributed by atoms with E-state index in [0.29, 0.717) is 32.5 Å². The van der Waals surface area contributed by atoms with Gasteiger partial charge in [0.05, 0.1) is 0 Å². The lowest BCUT2D eigenvalue weighted by Gasteiger charge is -2.44. The highest BCUT2D eigenvalue weighted by Crippen LogP contribution is 2.29. The number of hydrogen-bond donors (Lipinski definition) is 2. The Morgan fingerprint density at radius 2 is 1.96 bits per heavy atom. The maximum Gasteiger partial charge on any atom is 0.241 e. The van der Waals surface area contributed by atoms with E-state index in [9.17, 15) is 13.2 Å². The van der Waals surface area contributed by atoms with Gasteiger partial charge in [0.1, 0.15) is 0 Å². The fraction of sp³-hybridized carbons (Fsp3) is 0.944. The molecule has 2 saturated heterocycles. The number of nitrogens with one attached hydrogen (secondary N) is 2. The molecule has 1 unspecified atom stereocenters. The van der Waals surface area contributed by atoms with Crippen molar-refractivity contribution >= 4 is 15.7 Å². The van der Waals surface area contributed by atoms with Gasteiger partial charge in [0.2, 0.25) is 5.91 Å². The van der Waals surface area contributed by atoms with Crippen LogP contribution in [0.4, 0.5) is 0 Å². The summed E-state index contributed by atoms with van der Waals surface area (Å²) in [5.41, 5.74) is -0.172. The maximum atomic E-state index is 12.9. The highest BCUT2D eigenvalue weighted by Gasteiger charge is 2.49. The van der Waals surface area contributed by atoms with Crippen LogP contribution in [-0.4, -0.2) is 68.5 Å². The van der Waals surface area contributed by atoms with Crippen molar-refractivity contribution in [3.63, 3.8) is 0 Å². The lowest BCUT2D eigenvalue weighted by Crippen LogP contribution is -2.61. The Labute approximate surface area is 153 Å². The van der Waals surface area contributed by atoms with Crippen molar-refractivity contribution in [2.75, 3.05) is 39.0 Å². The number of carbonyl (C=O) groups excluding carboxylic acids is 1. The molecule has 7 heteroatoms. The average molecular weight is 374 g/mol. The topological polar surface area (TPSA) is 78.5 Å². The molecule has 0 aromatic rings. The summed E-state index contributed by atoms with van der Waals surface area (Å²) >= 11 is 0. The number of carbonyl (C=O) groups is 1. The summed E-state index contributed by atoms with van der Waals surface area (Å²) in [5, 5.41) is 6.13. The van der Waals surface area contributed by atoms with Gasteiger partial charge in [0.25, 0.3) is 0 Å². The summed E-state index contributed by atoms with van der Waals surface area (Å²) < 4.78 is 23.4. The third-order valence-electron chi connectivity index (χ3n) is 6.17. The number of nitrogens with zero attached hydrogens (tertiary/aromatic N) is 1. The molecule has 2 heterocycles. The van der Waals surface area contributed by atoms with Crippen molar-refractivity contribution in [3.8, 4) is 0 Å². The summed E-state index contributed by atoms with van der Waals surface area (Å²) in [4.78, 5) is 15.3. The molecule has 0 radical (unpaired) electrons. The van der Waals surface area contributed by atoms with E-state index in [1.165, 1.54) is 25.5 Å². The predicted molar refractivity (Wildman–Crippen MR) is 101 cm³/mol. The molecule has 0 aromatic heterocycles. The van der Waals surface area contributed by atoms with Gasteiger partial charge in [-0.1, -0.05) is 13.3 Å². The van der Waals surface area contributed by atoms with Crippen LogP contribution >= 0.6 is 0 Å². The summed E-state index contributed by atoms with van der Waals surface area (Å²) in [5.74, 6) is 0.393. The van der Waals surface area contributed by atoms with E-state index in [0.717, 1.165) is 19.0 Å². The molecule has 0 aliphatic carbocycles. The number of piperidine rings is 2. The van der Waals surface area contributed by atoms with E-state index in [4.69, 9.17) is 0 Å². The Morgan fingerprint density at radius 1 is 1.32 bits per heavy atom. The van der Waals surface area contributed by atoms with Crippen LogP contribution in [0.3, 0.4) is 0 Å². The Hall–Kier alpha value is -0.660. The van der Waals surface area contributed by atoms with Crippen LogP contribution in [0, 0.1) is 5.92 Å². The van der Waals surface area contributed by atoms with Gasteiger partial charge in [-0.25, -0.2) is 8.42 Å². The quantitative estimate of drug-likeness (QED) is 0.731. The molecule has 0 aromatic carbocycles. The van der Waals surface area contributed by atoms with Gasteiger partial charge in [-0.3, -0.25) is 9.69 Å². The van der Waals surface area contributed by atoms with Crippen molar-refractivity contribution in [3.05, 3.63) is 0 Å². The molecule has 1 atom stereocenters. The molecule has 0 spiro atoms. The van der Waals surface area contributed by atoms with E-state index < -0.39 is 14.6 Å². The summed E-state index contributed by atoms with van der Waals surface area (Å²) in [6.45, 7) is 10.2. The lowest BCUT2D eigenvalue weighted by molar-refractivity contribution is -0.125. The molecule has 0 bridgehead atoms. The smallest absolute Gasteiger partial charge is 0.241 e. The van der Waals surface area contributed by atoms with Gasteiger partial charge in [-0.05, 0) is 65.1 Å². The molecule has 6 nitrogen and oxygen atoms in total. The molecule has 2 N–H and O–H groups in total. The fourth-order valence-electron chi connectivity index (χ4n) is 4.11. The van der Waals surface area contributed by atoms with Crippen LogP contribution in [-0.2, 0) is 14.6 Å². The lowest BCUT2D eigenvalue weighted by atomic mass is 9.90. The molecule has 0 saturated carbocycles. The number of sulfone groups is 1. The normalized spacial score (nSPS) is 25.5. The van der Waals surface area contributed by atoms with Crippen LogP contribution in [0.2, 0.25) is 0 Å². The molecule has 1 amide bonds. The minimum absolute atomic E-state index is 0.172. The second-order valence-electron chi connectivity index (χ2n) is 8.37.